The average Bonchev–Trinajstić information content (AvgIpc) is 3.05. The van der Waals surface area contributed by atoms with Crippen LogP contribution in [0.25, 0.3) is 11.3 Å². The largest absolute Gasteiger partial charge is 0.297 e. The van der Waals surface area contributed by atoms with E-state index in [4.69, 9.17) is 4.98 Å². The second kappa shape index (κ2) is 7.44. The van der Waals surface area contributed by atoms with Crippen molar-refractivity contribution in [1.82, 2.24) is 19.9 Å². The van der Waals surface area contributed by atoms with Crippen LogP contribution >= 0.6 is 11.3 Å². The normalized spacial score (nSPS) is 12.5. The highest BCUT2D eigenvalue weighted by atomic mass is 32.1. The first-order valence-electron chi connectivity index (χ1n) is 7.67. The molecule has 0 spiro atoms. The average molecular weight is 324 g/mol. The lowest BCUT2D eigenvalue weighted by atomic mass is 10.1. The number of thiazole rings is 1. The summed E-state index contributed by atoms with van der Waals surface area (Å²) in [6, 6.07) is 10.7. The molecule has 0 aliphatic carbocycles. The topological polar surface area (TPSA) is 41.9 Å². The molecule has 0 aliphatic rings. The third kappa shape index (κ3) is 4.21. The molecule has 5 heteroatoms. The fourth-order valence-corrected chi connectivity index (χ4v) is 3.25. The minimum atomic E-state index is 0.385. The van der Waals surface area contributed by atoms with Gasteiger partial charge in [0.2, 0.25) is 0 Å². The molecule has 1 aromatic carbocycles. The number of likely N-dealkylation sites (N-methyl/N-ethyl adjacent to an activating group) is 1. The Morgan fingerprint density at radius 2 is 2.00 bits per heavy atom. The van der Waals surface area contributed by atoms with Gasteiger partial charge in [-0.2, -0.15) is 0 Å². The van der Waals surface area contributed by atoms with E-state index < -0.39 is 0 Å². The molecule has 0 bridgehead atoms. The summed E-state index contributed by atoms with van der Waals surface area (Å²) in [5.41, 5.74) is 3.25. The van der Waals surface area contributed by atoms with Gasteiger partial charge in [0.25, 0.3) is 0 Å². The molecular formula is C18H20N4S. The van der Waals surface area contributed by atoms with Crippen LogP contribution in [0.2, 0.25) is 0 Å². The number of hydrogen-bond donors (Lipinski definition) is 0. The first-order chi connectivity index (χ1) is 11.2. The molecular weight excluding hydrogens is 304 g/mol. The Morgan fingerprint density at radius 1 is 1.17 bits per heavy atom. The third-order valence-corrected chi connectivity index (χ3v) is 4.71. The maximum absolute atomic E-state index is 4.76. The summed E-state index contributed by atoms with van der Waals surface area (Å²) in [5, 5.41) is 3.27. The van der Waals surface area contributed by atoms with Crippen LogP contribution in [0.3, 0.4) is 0 Å². The van der Waals surface area contributed by atoms with Gasteiger partial charge < -0.3 is 0 Å². The van der Waals surface area contributed by atoms with Crippen molar-refractivity contribution >= 4 is 11.3 Å². The molecule has 2 aromatic heterocycles. The molecule has 3 rings (SSSR count). The van der Waals surface area contributed by atoms with Crippen molar-refractivity contribution < 1.29 is 0 Å². The Kier molecular flexibility index (Phi) is 5.10. The van der Waals surface area contributed by atoms with Gasteiger partial charge in [0, 0.05) is 42.0 Å². The zero-order valence-electron chi connectivity index (χ0n) is 13.4. The van der Waals surface area contributed by atoms with Gasteiger partial charge in [0.05, 0.1) is 17.9 Å². The van der Waals surface area contributed by atoms with Crippen LogP contribution < -0.4 is 0 Å². The highest BCUT2D eigenvalue weighted by molar-refractivity contribution is 7.09. The van der Waals surface area contributed by atoms with Gasteiger partial charge in [0.1, 0.15) is 5.01 Å². The number of hydrogen-bond acceptors (Lipinski definition) is 5. The summed E-state index contributed by atoms with van der Waals surface area (Å²) in [6.07, 6.45) is 6.18. The van der Waals surface area contributed by atoms with Gasteiger partial charge in [-0.15, -0.1) is 11.3 Å². The van der Waals surface area contributed by atoms with Crippen molar-refractivity contribution in [3.63, 3.8) is 0 Å². The maximum atomic E-state index is 4.76. The van der Waals surface area contributed by atoms with Gasteiger partial charge in [0.15, 0.2) is 0 Å². The van der Waals surface area contributed by atoms with Gasteiger partial charge in [-0.1, -0.05) is 30.3 Å². The van der Waals surface area contributed by atoms with Crippen molar-refractivity contribution in [2.45, 2.75) is 25.9 Å². The smallest absolute Gasteiger partial charge is 0.107 e. The predicted molar refractivity (Wildman–Crippen MR) is 94.2 cm³/mol. The molecule has 4 nitrogen and oxygen atoms in total. The minimum Gasteiger partial charge on any atom is -0.297 e. The molecule has 0 radical (unpaired) electrons. The molecule has 118 valence electrons. The lowest BCUT2D eigenvalue weighted by molar-refractivity contribution is 0.246. The van der Waals surface area contributed by atoms with Crippen LogP contribution in [0.15, 0.2) is 54.3 Å². The lowest BCUT2D eigenvalue weighted by Gasteiger charge is -2.23. The van der Waals surface area contributed by atoms with Gasteiger partial charge in [-0.3, -0.25) is 14.9 Å². The summed E-state index contributed by atoms with van der Waals surface area (Å²) in [5.74, 6) is 0. The summed E-state index contributed by atoms with van der Waals surface area (Å²) in [4.78, 5) is 15.5. The zero-order valence-corrected chi connectivity index (χ0v) is 14.2. The van der Waals surface area contributed by atoms with Crippen LogP contribution in [0.5, 0.6) is 0 Å². The van der Waals surface area contributed by atoms with Crippen LogP contribution in [-0.2, 0) is 13.0 Å². The van der Waals surface area contributed by atoms with Gasteiger partial charge >= 0.3 is 0 Å². The fourth-order valence-electron chi connectivity index (χ4n) is 2.39. The third-order valence-electron chi connectivity index (χ3n) is 3.88. The number of rotatable bonds is 6. The standard InChI is InChI=1S/C18H20N4S/c1-14(10-16-11-19-8-9-20-16)22(2)12-18-21-17(13-23-18)15-6-4-3-5-7-15/h3-9,11,13-14H,10,12H2,1-2H3/t14-/m1/s1. The molecule has 0 fully saturated rings. The number of nitrogens with zero attached hydrogens (tertiary/aromatic N) is 4. The van der Waals surface area contributed by atoms with Crippen molar-refractivity contribution in [2.24, 2.45) is 0 Å². The zero-order chi connectivity index (χ0) is 16.1. The summed E-state index contributed by atoms with van der Waals surface area (Å²) < 4.78 is 0. The first kappa shape index (κ1) is 15.8. The van der Waals surface area contributed by atoms with Gasteiger partial charge in [-0.25, -0.2) is 4.98 Å². The van der Waals surface area contributed by atoms with Gasteiger partial charge in [-0.05, 0) is 14.0 Å². The van der Waals surface area contributed by atoms with Crippen LogP contribution in [0, 0.1) is 0 Å². The van der Waals surface area contributed by atoms with E-state index >= 15 is 0 Å². The van der Waals surface area contributed by atoms with E-state index in [1.165, 1.54) is 5.56 Å². The van der Waals surface area contributed by atoms with E-state index in [1.807, 2.05) is 24.4 Å². The Bertz CT molecular complexity index is 727. The minimum absolute atomic E-state index is 0.385. The van der Waals surface area contributed by atoms with E-state index in [1.54, 1.807) is 23.7 Å². The van der Waals surface area contributed by atoms with E-state index in [2.05, 4.69) is 46.4 Å². The Morgan fingerprint density at radius 3 is 2.74 bits per heavy atom. The molecule has 0 saturated heterocycles. The van der Waals surface area contributed by atoms with Crippen LogP contribution in [0.1, 0.15) is 17.6 Å². The fraction of sp³-hybridized carbons (Fsp3) is 0.278. The van der Waals surface area contributed by atoms with E-state index in [9.17, 15) is 0 Å². The second-order valence-electron chi connectivity index (χ2n) is 5.66. The highest BCUT2D eigenvalue weighted by Crippen LogP contribution is 2.22. The molecule has 0 unspecified atom stereocenters. The van der Waals surface area contributed by atoms with Crippen molar-refractivity contribution in [2.75, 3.05) is 7.05 Å². The van der Waals surface area contributed by atoms with Crippen molar-refractivity contribution in [1.29, 1.82) is 0 Å². The first-order valence-corrected chi connectivity index (χ1v) is 8.55. The Hall–Kier alpha value is -2.11. The van der Waals surface area contributed by atoms with E-state index in [0.29, 0.717) is 6.04 Å². The van der Waals surface area contributed by atoms with Crippen LogP contribution in [0.4, 0.5) is 0 Å². The second-order valence-corrected chi connectivity index (χ2v) is 6.60. The maximum Gasteiger partial charge on any atom is 0.107 e. The Balaban J connectivity index is 1.62. The SMILES string of the molecule is C[C@H](Cc1cnccn1)N(C)Cc1nc(-c2ccccc2)cs1. The molecule has 0 N–H and O–H groups in total. The summed E-state index contributed by atoms with van der Waals surface area (Å²) in [7, 11) is 2.13. The summed E-state index contributed by atoms with van der Waals surface area (Å²) in [6.45, 7) is 3.05. The molecule has 0 aliphatic heterocycles. The van der Waals surface area contributed by atoms with Crippen LogP contribution in [-0.4, -0.2) is 32.9 Å². The Labute approximate surface area is 140 Å². The van der Waals surface area contributed by atoms with Crippen molar-refractivity contribution in [3.8, 4) is 11.3 Å². The molecule has 0 amide bonds. The molecule has 3 aromatic rings. The number of benzene rings is 1. The number of aromatic nitrogens is 3. The van der Waals surface area contributed by atoms with E-state index in [-0.39, 0.29) is 0 Å². The molecule has 23 heavy (non-hydrogen) atoms. The van der Waals surface area contributed by atoms with Crippen molar-refractivity contribution in [3.05, 3.63) is 65.0 Å². The lowest BCUT2D eigenvalue weighted by Crippen LogP contribution is -2.30. The summed E-state index contributed by atoms with van der Waals surface area (Å²) >= 11 is 1.72. The highest BCUT2D eigenvalue weighted by Gasteiger charge is 2.13. The predicted octanol–water partition coefficient (Wildman–Crippen LogP) is 3.66. The molecule has 0 saturated carbocycles. The molecule has 2 heterocycles. The monoisotopic (exact) mass is 324 g/mol. The molecule has 1 atom stereocenters. The van der Waals surface area contributed by atoms with E-state index in [0.717, 1.165) is 29.4 Å². The quantitative estimate of drug-likeness (QED) is 0.694.